The van der Waals surface area contributed by atoms with Gasteiger partial charge in [-0.25, -0.2) is 4.79 Å². The van der Waals surface area contributed by atoms with Gasteiger partial charge in [-0.1, -0.05) is 12.1 Å². The maximum absolute atomic E-state index is 11.2. The van der Waals surface area contributed by atoms with E-state index in [-0.39, 0.29) is 12.6 Å². The zero-order chi connectivity index (χ0) is 13.5. The average molecular weight is 251 g/mol. The Hall–Kier alpha value is -1.55. The number of carbonyl (C=O) groups excluding carboxylic acids is 1. The van der Waals surface area contributed by atoms with Crippen LogP contribution >= 0.6 is 0 Å². The van der Waals surface area contributed by atoms with E-state index in [1.165, 1.54) is 5.56 Å². The summed E-state index contributed by atoms with van der Waals surface area (Å²) >= 11 is 0. The number of rotatable bonds is 6. The highest BCUT2D eigenvalue weighted by molar-refractivity contribution is 5.71. The maximum Gasteiger partial charge on any atom is 0.344 e. The van der Waals surface area contributed by atoms with Gasteiger partial charge in [-0.2, -0.15) is 0 Å². The van der Waals surface area contributed by atoms with Crippen molar-refractivity contribution < 1.29 is 14.3 Å². The molecule has 0 aliphatic carbocycles. The van der Waals surface area contributed by atoms with Crippen molar-refractivity contribution in [3.8, 4) is 5.75 Å². The molecule has 0 amide bonds. The van der Waals surface area contributed by atoms with Crippen LogP contribution in [-0.4, -0.2) is 25.7 Å². The summed E-state index contributed by atoms with van der Waals surface area (Å²) in [6, 6.07) is 4.08. The van der Waals surface area contributed by atoms with Gasteiger partial charge in [-0.3, -0.25) is 0 Å². The van der Waals surface area contributed by atoms with Gasteiger partial charge >= 0.3 is 5.97 Å². The standard InChI is InChI=1S/C14H21NO3/c1-4-17-13(16)9-18-14-10(2)7-12(5-6-15)8-11(14)3/h7-8H,4-6,9,15H2,1-3H3. The molecular weight excluding hydrogens is 230 g/mol. The molecule has 0 spiro atoms. The number of esters is 1. The third-order valence-electron chi connectivity index (χ3n) is 2.59. The molecule has 0 atom stereocenters. The van der Waals surface area contributed by atoms with Crippen LogP contribution in [0.15, 0.2) is 12.1 Å². The number of benzene rings is 1. The van der Waals surface area contributed by atoms with Gasteiger partial charge in [0.2, 0.25) is 0 Å². The van der Waals surface area contributed by atoms with Gasteiger partial charge in [0.25, 0.3) is 0 Å². The molecule has 4 nitrogen and oxygen atoms in total. The summed E-state index contributed by atoms with van der Waals surface area (Å²) in [5.41, 5.74) is 8.76. The number of hydrogen-bond acceptors (Lipinski definition) is 4. The maximum atomic E-state index is 11.2. The first kappa shape index (κ1) is 14.5. The molecule has 0 heterocycles. The summed E-state index contributed by atoms with van der Waals surface area (Å²) in [6.07, 6.45) is 0.847. The summed E-state index contributed by atoms with van der Waals surface area (Å²) in [4.78, 5) is 11.2. The summed E-state index contributed by atoms with van der Waals surface area (Å²) in [5.74, 6) is 0.408. The van der Waals surface area contributed by atoms with Gasteiger partial charge in [-0.05, 0) is 50.4 Å². The van der Waals surface area contributed by atoms with E-state index < -0.39 is 0 Å². The highest BCUT2D eigenvalue weighted by atomic mass is 16.6. The first-order valence-corrected chi connectivity index (χ1v) is 6.17. The van der Waals surface area contributed by atoms with E-state index in [9.17, 15) is 4.79 Å². The Bertz CT molecular complexity index is 392. The molecule has 1 aromatic carbocycles. The van der Waals surface area contributed by atoms with Crippen LogP contribution in [0.3, 0.4) is 0 Å². The fourth-order valence-electron chi connectivity index (χ4n) is 1.91. The Kier molecular flexibility index (Phi) is 5.65. The van der Waals surface area contributed by atoms with Crippen molar-refractivity contribution in [3.63, 3.8) is 0 Å². The van der Waals surface area contributed by atoms with Crippen molar-refractivity contribution in [2.75, 3.05) is 19.8 Å². The molecule has 4 heteroatoms. The van der Waals surface area contributed by atoms with Crippen LogP contribution in [0.4, 0.5) is 0 Å². The SMILES string of the molecule is CCOC(=O)COc1c(C)cc(CCN)cc1C. The van der Waals surface area contributed by atoms with E-state index in [1.54, 1.807) is 6.92 Å². The molecule has 0 aromatic heterocycles. The number of ether oxygens (including phenoxy) is 2. The predicted octanol–water partition coefficient (Wildman–Crippen LogP) is 1.75. The highest BCUT2D eigenvalue weighted by Gasteiger charge is 2.09. The van der Waals surface area contributed by atoms with Gasteiger partial charge in [0.1, 0.15) is 5.75 Å². The summed E-state index contributed by atoms with van der Waals surface area (Å²) in [5, 5.41) is 0. The van der Waals surface area contributed by atoms with Crippen molar-refractivity contribution >= 4 is 5.97 Å². The first-order valence-electron chi connectivity index (χ1n) is 6.17. The summed E-state index contributed by atoms with van der Waals surface area (Å²) in [6.45, 7) is 6.65. The van der Waals surface area contributed by atoms with Crippen LogP contribution in [0.1, 0.15) is 23.6 Å². The zero-order valence-electron chi connectivity index (χ0n) is 11.3. The molecule has 0 unspecified atom stereocenters. The van der Waals surface area contributed by atoms with E-state index in [2.05, 4.69) is 0 Å². The van der Waals surface area contributed by atoms with Crippen LogP contribution in [0.2, 0.25) is 0 Å². The van der Waals surface area contributed by atoms with Crippen molar-refractivity contribution in [3.05, 3.63) is 28.8 Å². The van der Waals surface area contributed by atoms with E-state index in [0.717, 1.165) is 23.3 Å². The quantitative estimate of drug-likeness (QED) is 0.782. The van der Waals surface area contributed by atoms with Gasteiger partial charge in [0, 0.05) is 0 Å². The Labute approximate surface area is 108 Å². The topological polar surface area (TPSA) is 61.5 Å². The first-order chi connectivity index (χ1) is 8.58. The number of aryl methyl sites for hydroxylation is 2. The fourth-order valence-corrected chi connectivity index (χ4v) is 1.91. The molecule has 0 aliphatic rings. The van der Waals surface area contributed by atoms with Crippen molar-refractivity contribution in [1.29, 1.82) is 0 Å². The molecule has 0 saturated heterocycles. The second kappa shape index (κ2) is 7.01. The van der Waals surface area contributed by atoms with Crippen LogP contribution in [0, 0.1) is 13.8 Å². The second-order valence-corrected chi connectivity index (χ2v) is 4.19. The van der Waals surface area contributed by atoms with E-state index in [1.807, 2.05) is 26.0 Å². The van der Waals surface area contributed by atoms with Crippen molar-refractivity contribution in [2.45, 2.75) is 27.2 Å². The highest BCUT2D eigenvalue weighted by Crippen LogP contribution is 2.25. The molecule has 0 bridgehead atoms. The monoisotopic (exact) mass is 251 g/mol. The number of carbonyl (C=O) groups is 1. The minimum Gasteiger partial charge on any atom is -0.481 e. The van der Waals surface area contributed by atoms with Gasteiger partial charge in [0.15, 0.2) is 6.61 Å². The van der Waals surface area contributed by atoms with E-state index in [0.29, 0.717) is 13.2 Å². The number of nitrogens with two attached hydrogens (primary N) is 1. The van der Waals surface area contributed by atoms with Crippen LogP contribution in [0.25, 0.3) is 0 Å². The Morgan fingerprint density at radius 2 is 1.89 bits per heavy atom. The average Bonchev–Trinajstić information content (AvgIpc) is 2.28. The summed E-state index contributed by atoms with van der Waals surface area (Å²) in [7, 11) is 0. The second-order valence-electron chi connectivity index (χ2n) is 4.19. The van der Waals surface area contributed by atoms with Crippen LogP contribution < -0.4 is 10.5 Å². The molecule has 18 heavy (non-hydrogen) atoms. The minimum atomic E-state index is -0.345. The Morgan fingerprint density at radius 3 is 2.39 bits per heavy atom. The van der Waals surface area contributed by atoms with Gasteiger partial charge < -0.3 is 15.2 Å². The van der Waals surface area contributed by atoms with Gasteiger partial charge in [0.05, 0.1) is 6.61 Å². The molecular formula is C14H21NO3. The summed E-state index contributed by atoms with van der Waals surface area (Å²) < 4.78 is 10.3. The minimum absolute atomic E-state index is 0.0498. The fraction of sp³-hybridized carbons (Fsp3) is 0.500. The lowest BCUT2D eigenvalue weighted by Gasteiger charge is -2.13. The van der Waals surface area contributed by atoms with Crippen LogP contribution in [0.5, 0.6) is 5.75 Å². The molecule has 0 fully saturated rings. The van der Waals surface area contributed by atoms with Gasteiger partial charge in [-0.15, -0.1) is 0 Å². The molecule has 0 aliphatic heterocycles. The zero-order valence-corrected chi connectivity index (χ0v) is 11.3. The molecule has 100 valence electrons. The molecule has 1 rings (SSSR count). The van der Waals surface area contributed by atoms with Crippen LogP contribution in [-0.2, 0) is 16.0 Å². The third-order valence-corrected chi connectivity index (χ3v) is 2.59. The normalized spacial score (nSPS) is 10.2. The molecule has 0 radical (unpaired) electrons. The van der Waals surface area contributed by atoms with E-state index in [4.69, 9.17) is 15.2 Å². The smallest absolute Gasteiger partial charge is 0.344 e. The van der Waals surface area contributed by atoms with E-state index >= 15 is 0 Å². The predicted molar refractivity (Wildman–Crippen MR) is 70.8 cm³/mol. The largest absolute Gasteiger partial charge is 0.481 e. The Balaban J connectivity index is 2.74. The lowest BCUT2D eigenvalue weighted by atomic mass is 10.0. The number of hydrogen-bond donors (Lipinski definition) is 1. The molecule has 2 N–H and O–H groups in total. The van der Waals surface area contributed by atoms with Crippen molar-refractivity contribution in [1.82, 2.24) is 0 Å². The van der Waals surface area contributed by atoms with Crippen molar-refractivity contribution in [2.24, 2.45) is 5.73 Å². The lowest BCUT2D eigenvalue weighted by Crippen LogP contribution is -2.15. The third kappa shape index (κ3) is 4.04. The molecule has 1 aromatic rings. The lowest BCUT2D eigenvalue weighted by molar-refractivity contribution is -0.145. The Morgan fingerprint density at radius 1 is 1.28 bits per heavy atom. The molecule has 0 saturated carbocycles.